The smallest absolute Gasteiger partial charge is 0.222 e. The first-order valence-electron chi connectivity index (χ1n) is 10.4. The van der Waals surface area contributed by atoms with Crippen molar-refractivity contribution in [1.82, 2.24) is 10.1 Å². The molecular formula is C23H22N2O5. The molecule has 2 heterocycles. The molecule has 1 unspecified atom stereocenters. The van der Waals surface area contributed by atoms with Gasteiger partial charge < -0.3 is 14.2 Å². The van der Waals surface area contributed by atoms with Crippen LogP contribution >= 0.6 is 0 Å². The molecule has 1 aliphatic heterocycles. The summed E-state index contributed by atoms with van der Waals surface area (Å²) in [6.45, 7) is 1.84. The zero-order chi connectivity index (χ0) is 20.7. The third kappa shape index (κ3) is 3.34. The largest absolute Gasteiger partial charge is 0.492 e. The quantitative estimate of drug-likeness (QED) is 0.604. The lowest BCUT2D eigenvalue weighted by molar-refractivity contribution is -0.131. The third-order valence-corrected chi connectivity index (χ3v) is 6.05. The number of benzene rings is 2. The van der Waals surface area contributed by atoms with E-state index in [-0.39, 0.29) is 23.9 Å². The number of fused-ring (bicyclic) bond motifs is 3. The molecule has 5 rings (SSSR count). The van der Waals surface area contributed by atoms with Crippen LogP contribution in [0.4, 0.5) is 0 Å². The summed E-state index contributed by atoms with van der Waals surface area (Å²) in [5, 5.41) is 6.92. The molecular weight excluding hydrogens is 384 g/mol. The second-order valence-corrected chi connectivity index (χ2v) is 8.00. The van der Waals surface area contributed by atoms with Crippen LogP contribution in [0.3, 0.4) is 0 Å². The van der Waals surface area contributed by atoms with E-state index in [1.54, 1.807) is 0 Å². The number of nitrogens with zero attached hydrogens (tertiary/aromatic N) is 2. The molecule has 2 fully saturated rings. The van der Waals surface area contributed by atoms with Crippen LogP contribution in [0.25, 0.3) is 21.7 Å². The standard InChI is InChI=1S/C23H22N2O5/c26-15-4-6-18(19(27)13-15)23-22-17-7-5-16(12-14(17)3-8-20(22)30-24-23)29-11-10-25-9-1-2-21(25)28/h3,5,7-8,12,18H,1-2,4,6,9-11,13H2. The molecule has 0 bridgehead atoms. The highest BCUT2D eigenvalue weighted by Crippen LogP contribution is 2.37. The minimum atomic E-state index is -0.400. The number of rotatable bonds is 5. The maximum Gasteiger partial charge on any atom is 0.222 e. The average Bonchev–Trinajstić information content (AvgIpc) is 3.34. The Balaban J connectivity index is 1.41. The Bertz CT molecular complexity index is 1170. The molecule has 30 heavy (non-hydrogen) atoms. The number of amides is 1. The molecule has 1 aromatic heterocycles. The van der Waals surface area contributed by atoms with Crippen molar-refractivity contribution in [3.63, 3.8) is 0 Å². The third-order valence-electron chi connectivity index (χ3n) is 6.05. The Morgan fingerprint density at radius 2 is 2.03 bits per heavy atom. The van der Waals surface area contributed by atoms with E-state index in [2.05, 4.69) is 5.16 Å². The predicted molar refractivity (Wildman–Crippen MR) is 109 cm³/mol. The van der Waals surface area contributed by atoms with E-state index >= 15 is 0 Å². The predicted octanol–water partition coefficient (Wildman–Crippen LogP) is 3.39. The number of ketones is 2. The van der Waals surface area contributed by atoms with Crippen molar-refractivity contribution in [2.45, 2.75) is 38.0 Å². The first kappa shape index (κ1) is 18.8. The van der Waals surface area contributed by atoms with Crippen LogP contribution in [0.1, 0.15) is 43.7 Å². The summed E-state index contributed by atoms with van der Waals surface area (Å²) in [5.74, 6) is 0.425. The minimum Gasteiger partial charge on any atom is -0.492 e. The van der Waals surface area contributed by atoms with Crippen LogP contribution in [0, 0.1) is 0 Å². The maximum absolute atomic E-state index is 12.4. The number of carbonyl (C=O) groups excluding carboxylic acids is 3. The summed E-state index contributed by atoms with van der Waals surface area (Å²) < 4.78 is 11.4. The molecule has 0 spiro atoms. The van der Waals surface area contributed by atoms with Crippen molar-refractivity contribution >= 4 is 39.2 Å². The van der Waals surface area contributed by atoms with E-state index in [4.69, 9.17) is 9.26 Å². The van der Waals surface area contributed by atoms with Gasteiger partial charge in [0.25, 0.3) is 0 Å². The number of hydrogen-bond acceptors (Lipinski definition) is 6. The fourth-order valence-electron chi connectivity index (χ4n) is 4.48. The van der Waals surface area contributed by atoms with Gasteiger partial charge in [0.1, 0.15) is 29.6 Å². The molecule has 7 heteroatoms. The molecule has 1 saturated heterocycles. The van der Waals surface area contributed by atoms with Crippen LogP contribution in [-0.4, -0.2) is 47.2 Å². The maximum atomic E-state index is 12.4. The van der Waals surface area contributed by atoms with Crippen molar-refractivity contribution in [2.75, 3.05) is 19.7 Å². The van der Waals surface area contributed by atoms with Gasteiger partial charge in [0, 0.05) is 19.4 Å². The summed E-state index contributed by atoms with van der Waals surface area (Å²) >= 11 is 0. The highest BCUT2D eigenvalue weighted by atomic mass is 16.5. The van der Waals surface area contributed by atoms with E-state index in [0.29, 0.717) is 43.7 Å². The number of likely N-dealkylation sites (tertiary alicyclic amines) is 1. The second kappa shape index (κ2) is 7.55. The number of ether oxygens (including phenoxy) is 1. The molecule has 0 radical (unpaired) electrons. The van der Waals surface area contributed by atoms with Gasteiger partial charge in [0.05, 0.1) is 24.3 Å². The number of carbonyl (C=O) groups is 3. The van der Waals surface area contributed by atoms with Gasteiger partial charge in [-0.15, -0.1) is 0 Å². The van der Waals surface area contributed by atoms with Crippen LogP contribution in [0.15, 0.2) is 34.9 Å². The molecule has 2 aliphatic rings. The fourth-order valence-corrected chi connectivity index (χ4v) is 4.48. The molecule has 1 atom stereocenters. The van der Waals surface area contributed by atoms with Crippen LogP contribution in [0.5, 0.6) is 5.75 Å². The molecule has 154 valence electrons. The Kier molecular flexibility index (Phi) is 4.73. The first-order chi connectivity index (χ1) is 14.6. The SMILES string of the molecule is O=C1CCC(c2noc3ccc4cc(OCCN5CCCC5=O)ccc4c23)C(=O)C1. The fraction of sp³-hybridized carbons (Fsp3) is 0.391. The number of aromatic nitrogens is 1. The van der Waals surface area contributed by atoms with Crippen LogP contribution in [-0.2, 0) is 14.4 Å². The van der Waals surface area contributed by atoms with Gasteiger partial charge in [0.15, 0.2) is 5.58 Å². The normalized spacial score (nSPS) is 19.9. The Hall–Kier alpha value is -3.22. The Labute approximate surface area is 172 Å². The topological polar surface area (TPSA) is 89.7 Å². The van der Waals surface area contributed by atoms with Crippen LogP contribution < -0.4 is 4.74 Å². The zero-order valence-electron chi connectivity index (χ0n) is 16.6. The molecule has 1 amide bonds. The first-order valence-corrected chi connectivity index (χ1v) is 10.4. The molecule has 2 aromatic carbocycles. The van der Waals surface area contributed by atoms with Gasteiger partial charge in [-0.3, -0.25) is 14.4 Å². The van der Waals surface area contributed by atoms with Crippen molar-refractivity contribution < 1.29 is 23.6 Å². The van der Waals surface area contributed by atoms with E-state index in [1.807, 2.05) is 35.2 Å². The lowest BCUT2D eigenvalue weighted by Gasteiger charge is -2.18. The van der Waals surface area contributed by atoms with Crippen molar-refractivity contribution in [3.8, 4) is 5.75 Å². The van der Waals surface area contributed by atoms with Gasteiger partial charge in [-0.05, 0) is 47.9 Å². The van der Waals surface area contributed by atoms with Gasteiger partial charge in [-0.2, -0.15) is 0 Å². The Morgan fingerprint density at radius 3 is 2.83 bits per heavy atom. The summed E-state index contributed by atoms with van der Waals surface area (Å²) in [7, 11) is 0. The van der Waals surface area contributed by atoms with Gasteiger partial charge >= 0.3 is 0 Å². The second-order valence-electron chi connectivity index (χ2n) is 8.00. The molecule has 1 aliphatic carbocycles. The number of hydrogen-bond donors (Lipinski definition) is 0. The van der Waals surface area contributed by atoms with Gasteiger partial charge in [-0.1, -0.05) is 11.2 Å². The number of Topliss-reactive ketones (excluding diaryl/α,β-unsaturated/α-hetero) is 2. The van der Waals surface area contributed by atoms with Crippen molar-refractivity contribution in [3.05, 3.63) is 36.0 Å². The molecule has 7 nitrogen and oxygen atoms in total. The summed E-state index contributed by atoms with van der Waals surface area (Å²) in [6, 6.07) is 9.57. The summed E-state index contributed by atoms with van der Waals surface area (Å²) in [5.41, 5.74) is 1.25. The van der Waals surface area contributed by atoms with Gasteiger partial charge in [-0.25, -0.2) is 0 Å². The van der Waals surface area contributed by atoms with Gasteiger partial charge in [0.2, 0.25) is 5.91 Å². The van der Waals surface area contributed by atoms with E-state index in [1.165, 1.54) is 0 Å². The lowest BCUT2D eigenvalue weighted by Crippen LogP contribution is -2.29. The van der Waals surface area contributed by atoms with Crippen LogP contribution in [0.2, 0.25) is 0 Å². The average molecular weight is 406 g/mol. The molecule has 3 aromatic rings. The van der Waals surface area contributed by atoms with Crippen molar-refractivity contribution in [1.29, 1.82) is 0 Å². The highest BCUT2D eigenvalue weighted by Gasteiger charge is 2.32. The monoisotopic (exact) mass is 406 g/mol. The zero-order valence-corrected chi connectivity index (χ0v) is 16.6. The summed E-state index contributed by atoms with van der Waals surface area (Å²) in [4.78, 5) is 37.6. The van der Waals surface area contributed by atoms with E-state index < -0.39 is 5.92 Å². The molecule has 0 N–H and O–H groups in total. The Morgan fingerprint density at radius 1 is 1.13 bits per heavy atom. The van der Waals surface area contributed by atoms with Crippen molar-refractivity contribution in [2.24, 2.45) is 0 Å². The molecule has 1 saturated carbocycles. The lowest BCUT2D eigenvalue weighted by atomic mass is 9.83. The summed E-state index contributed by atoms with van der Waals surface area (Å²) in [6.07, 6.45) is 2.40. The minimum absolute atomic E-state index is 0.00803. The van der Waals surface area contributed by atoms with E-state index in [0.717, 1.165) is 34.9 Å². The van der Waals surface area contributed by atoms with E-state index in [9.17, 15) is 14.4 Å². The highest BCUT2D eigenvalue weighted by molar-refractivity contribution is 6.11.